The molecule has 1 saturated carbocycles. The second kappa shape index (κ2) is 6.90. The van der Waals surface area contributed by atoms with Gasteiger partial charge >= 0.3 is 0 Å². The summed E-state index contributed by atoms with van der Waals surface area (Å²) in [5.41, 5.74) is -0.645. The maximum absolute atomic E-state index is 11.9. The molecule has 0 aliphatic heterocycles. The number of nitrogens with one attached hydrogen (secondary N) is 2. The van der Waals surface area contributed by atoms with Crippen LogP contribution in [0.1, 0.15) is 32.6 Å². The van der Waals surface area contributed by atoms with Gasteiger partial charge in [-0.15, -0.1) is 10.2 Å². The second-order valence-corrected chi connectivity index (χ2v) is 6.84. The predicted octanol–water partition coefficient (Wildman–Crippen LogP) is 2.01. The summed E-state index contributed by atoms with van der Waals surface area (Å²) < 4.78 is 0.758. The molecule has 1 aromatic heterocycles. The van der Waals surface area contributed by atoms with Crippen LogP contribution in [0.3, 0.4) is 0 Å². The molecule has 1 amide bonds. The number of amides is 1. The molecule has 0 radical (unpaired) electrons. The molecule has 0 aromatic carbocycles. The molecule has 1 aliphatic carbocycles. The minimum atomic E-state index is -0.645. The van der Waals surface area contributed by atoms with Crippen LogP contribution in [0.4, 0.5) is 5.13 Å². The van der Waals surface area contributed by atoms with Crippen molar-refractivity contribution < 1.29 is 4.79 Å². The van der Waals surface area contributed by atoms with Gasteiger partial charge < -0.3 is 10.6 Å². The Bertz CT molecular complexity index is 504. The van der Waals surface area contributed by atoms with Gasteiger partial charge in [0.05, 0.1) is 11.8 Å². The standard InChI is InChI=1S/C12H17N5OS2/c1-2-14-10-16-17-11(20-10)19-7-9(18)15-12(8-13)5-3-4-6-12/h2-7H2,1H3,(H,14,16)(H,15,18). The first-order chi connectivity index (χ1) is 9.67. The maximum atomic E-state index is 11.9. The number of carbonyl (C=O) groups is 1. The Morgan fingerprint density at radius 2 is 2.25 bits per heavy atom. The molecule has 2 rings (SSSR count). The van der Waals surface area contributed by atoms with Gasteiger partial charge in [-0.3, -0.25) is 4.79 Å². The Morgan fingerprint density at radius 1 is 1.50 bits per heavy atom. The number of thioether (sulfide) groups is 1. The zero-order valence-electron chi connectivity index (χ0n) is 11.3. The molecule has 0 unspecified atom stereocenters. The highest BCUT2D eigenvalue weighted by molar-refractivity contribution is 8.01. The fourth-order valence-electron chi connectivity index (χ4n) is 2.16. The van der Waals surface area contributed by atoms with Crippen LogP contribution in [0, 0.1) is 11.3 Å². The predicted molar refractivity (Wildman–Crippen MR) is 79.8 cm³/mol. The van der Waals surface area contributed by atoms with Crippen molar-refractivity contribution in [2.24, 2.45) is 0 Å². The smallest absolute Gasteiger partial charge is 0.231 e. The summed E-state index contributed by atoms with van der Waals surface area (Å²) >= 11 is 2.78. The van der Waals surface area contributed by atoms with Gasteiger partial charge in [0, 0.05) is 6.54 Å². The molecule has 0 atom stereocenters. The molecule has 0 bridgehead atoms. The summed E-state index contributed by atoms with van der Waals surface area (Å²) in [7, 11) is 0. The third-order valence-electron chi connectivity index (χ3n) is 3.11. The highest BCUT2D eigenvalue weighted by Gasteiger charge is 2.35. The van der Waals surface area contributed by atoms with E-state index in [1.807, 2.05) is 6.92 Å². The lowest BCUT2D eigenvalue weighted by Gasteiger charge is -2.21. The fraction of sp³-hybridized carbons (Fsp3) is 0.667. The number of aromatic nitrogens is 2. The van der Waals surface area contributed by atoms with Crippen LogP contribution < -0.4 is 10.6 Å². The molecule has 0 spiro atoms. The Hall–Kier alpha value is -1.33. The van der Waals surface area contributed by atoms with E-state index in [1.54, 1.807) is 0 Å². The van der Waals surface area contributed by atoms with Gasteiger partial charge in [-0.1, -0.05) is 23.1 Å². The normalized spacial score (nSPS) is 16.6. The van der Waals surface area contributed by atoms with Crippen LogP contribution >= 0.6 is 23.1 Å². The van der Waals surface area contributed by atoms with Gasteiger partial charge in [0.25, 0.3) is 0 Å². The van der Waals surface area contributed by atoms with Crippen LogP contribution in [0.2, 0.25) is 0 Å². The molecule has 6 nitrogen and oxygen atoms in total. The molecule has 1 fully saturated rings. The maximum Gasteiger partial charge on any atom is 0.231 e. The quantitative estimate of drug-likeness (QED) is 0.781. The van der Waals surface area contributed by atoms with Crippen LogP contribution in [-0.2, 0) is 4.79 Å². The van der Waals surface area contributed by atoms with E-state index in [0.29, 0.717) is 0 Å². The number of anilines is 1. The topological polar surface area (TPSA) is 90.7 Å². The zero-order chi connectivity index (χ0) is 14.4. The van der Waals surface area contributed by atoms with E-state index in [2.05, 4.69) is 26.9 Å². The summed E-state index contributed by atoms with van der Waals surface area (Å²) in [6.07, 6.45) is 3.51. The first-order valence-corrected chi connectivity index (χ1v) is 8.40. The largest absolute Gasteiger partial charge is 0.360 e. The van der Waals surface area contributed by atoms with Crippen LogP contribution in [0.25, 0.3) is 0 Å². The fourth-order valence-corrected chi connectivity index (χ4v) is 3.78. The van der Waals surface area contributed by atoms with Crippen molar-refractivity contribution in [2.75, 3.05) is 17.6 Å². The Balaban J connectivity index is 1.81. The van der Waals surface area contributed by atoms with Crippen molar-refractivity contribution in [3.63, 3.8) is 0 Å². The SMILES string of the molecule is CCNc1nnc(SCC(=O)NC2(C#N)CCCC2)s1. The van der Waals surface area contributed by atoms with E-state index in [4.69, 9.17) is 0 Å². The van der Waals surface area contributed by atoms with Crippen molar-refractivity contribution in [3.05, 3.63) is 0 Å². The highest BCUT2D eigenvalue weighted by Crippen LogP contribution is 2.29. The minimum Gasteiger partial charge on any atom is -0.360 e. The molecular weight excluding hydrogens is 294 g/mol. The lowest BCUT2D eigenvalue weighted by Crippen LogP contribution is -2.45. The van der Waals surface area contributed by atoms with E-state index in [-0.39, 0.29) is 11.7 Å². The third-order valence-corrected chi connectivity index (χ3v) is 5.13. The molecular formula is C12H17N5OS2. The Labute approximate surface area is 126 Å². The molecule has 8 heteroatoms. The first kappa shape index (κ1) is 15.1. The highest BCUT2D eigenvalue weighted by atomic mass is 32.2. The van der Waals surface area contributed by atoms with Crippen LogP contribution in [-0.4, -0.2) is 33.9 Å². The Morgan fingerprint density at radius 3 is 2.90 bits per heavy atom. The molecule has 2 N–H and O–H groups in total. The number of hydrogen-bond acceptors (Lipinski definition) is 7. The number of rotatable bonds is 6. The van der Waals surface area contributed by atoms with Gasteiger partial charge in [-0.2, -0.15) is 5.26 Å². The van der Waals surface area contributed by atoms with Crippen molar-refractivity contribution in [1.82, 2.24) is 15.5 Å². The van der Waals surface area contributed by atoms with E-state index in [0.717, 1.165) is 41.7 Å². The van der Waals surface area contributed by atoms with Crippen molar-refractivity contribution >= 4 is 34.1 Å². The number of hydrogen-bond donors (Lipinski definition) is 2. The number of nitrogens with zero attached hydrogens (tertiary/aromatic N) is 3. The molecule has 0 saturated heterocycles. The summed E-state index contributed by atoms with van der Waals surface area (Å²) in [6.45, 7) is 2.79. The second-order valence-electron chi connectivity index (χ2n) is 4.64. The van der Waals surface area contributed by atoms with E-state index >= 15 is 0 Å². The average Bonchev–Trinajstić information content (AvgIpc) is 3.07. The van der Waals surface area contributed by atoms with Crippen molar-refractivity contribution in [2.45, 2.75) is 42.5 Å². The van der Waals surface area contributed by atoms with Gasteiger partial charge in [-0.05, 0) is 32.6 Å². The number of nitriles is 1. The van der Waals surface area contributed by atoms with Crippen molar-refractivity contribution in [1.29, 1.82) is 5.26 Å². The average molecular weight is 311 g/mol. The molecule has 1 heterocycles. The van der Waals surface area contributed by atoms with Crippen molar-refractivity contribution in [3.8, 4) is 6.07 Å². The van der Waals surface area contributed by atoms with Crippen LogP contribution in [0.5, 0.6) is 0 Å². The lowest BCUT2D eigenvalue weighted by molar-refractivity contribution is -0.119. The Kier molecular flexibility index (Phi) is 5.20. The summed E-state index contributed by atoms with van der Waals surface area (Å²) in [6, 6.07) is 2.25. The molecule has 1 aromatic rings. The molecule has 108 valence electrons. The first-order valence-electron chi connectivity index (χ1n) is 6.60. The summed E-state index contributed by atoms with van der Waals surface area (Å²) in [5.74, 6) is 0.156. The van der Waals surface area contributed by atoms with Gasteiger partial charge in [0.15, 0.2) is 4.34 Å². The monoisotopic (exact) mass is 311 g/mol. The van der Waals surface area contributed by atoms with E-state index in [1.165, 1.54) is 23.1 Å². The van der Waals surface area contributed by atoms with Crippen LogP contribution in [0.15, 0.2) is 4.34 Å². The lowest BCUT2D eigenvalue weighted by atomic mass is 10.0. The molecule has 1 aliphatic rings. The molecule has 20 heavy (non-hydrogen) atoms. The van der Waals surface area contributed by atoms with E-state index in [9.17, 15) is 10.1 Å². The minimum absolute atomic E-state index is 0.112. The summed E-state index contributed by atoms with van der Waals surface area (Å²) in [5, 5.41) is 23.9. The number of carbonyl (C=O) groups excluding carboxylic acids is 1. The van der Waals surface area contributed by atoms with Gasteiger partial charge in [-0.25, -0.2) is 0 Å². The van der Waals surface area contributed by atoms with Gasteiger partial charge in [0.2, 0.25) is 11.0 Å². The van der Waals surface area contributed by atoms with Gasteiger partial charge in [0.1, 0.15) is 5.54 Å². The summed E-state index contributed by atoms with van der Waals surface area (Å²) in [4.78, 5) is 11.9. The van der Waals surface area contributed by atoms with E-state index < -0.39 is 5.54 Å². The zero-order valence-corrected chi connectivity index (χ0v) is 12.9. The third kappa shape index (κ3) is 3.84.